The lowest BCUT2D eigenvalue weighted by molar-refractivity contribution is 0.0992. The Kier molecular flexibility index (Phi) is 4.18. The van der Waals surface area contributed by atoms with Crippen molar-refractivity contribution >= 4 is 5.78 Å². The Balaban J connectivity index is 2.25. The third-order valence-electron chi connectivity index (χ3n) is 3.32. The quantitative estimate of drug-likeness (QED) is 0.790. The van der Waals surface area contributed by atoms with Crippen molar-refractivity contribution in [1.82, 2.24) is 0 Å². The molecule has 0 fully saturated rings. The first kappa shape index (κ1) is 14.3. The van der Waals surface area contributed by atoms with Crippen molar-refractivity contribution in [2.75, 3.05) is 7.11 Å². The van der Waals surface area contributed by atoms with Gasteiger partial charge in [0.1, 0.15) is 11.6 Å². The van der Waals surface area contributed by atoms with Crippen LogP contribution in [-0.2, 0) is 6.42 Å². The third-order valence-corrected chi connectivity index (χ3v) is 3.32. The van der Waals surface area contributed by atoms with Crippen molar-refractivity contribution in [3.05, 3.63) is 64.5 Å². The van der Waals surface area contributed by atoms with Crippen molar-refractivity contribution in [3.8, 4) is 5.75 Å². The molecule has 0 radical (unpaired) electrons. The largest absolute Gasteiger partial charge is 0.496 e. The lowest BCUT2D eigenvalue weighted by atomic mass is 9.97. The minimum atomic E-state index is -0.294. The topological polar surface area (TPSA) is 26.3 Å². The summed E-state index contributed by atoms with van der Waals surface area (Å²) in [5.74, 6) is 0.512. The number of ether oxygens (including phenoxy) is 1. The maximum atomic E-state index is 12.8. The van der Waals surface area contributed by atoms with Gasteiger partial charge in [-0.2, -0.15) is 0 Å². The number of Topliss-reactive ketones (excluding diaryl/α,β-unsaturated/α-hetero) is 1. The van der Waals surface area contributed by atoms with Gasteiger partial charge >= 0.3 is 0 Å². The Morgan fingerprint density at radius 2 is 1.75 bits per heavy atom. The predicted octanol–water partition coefficient (Wildman–Crippen LogP) is 3.88. The Bertz CT molecular complexity index is 630. The van der Waals surface area contributed by atoms with Crippen LogP contribution in [0.5, 0.6) is 5.75 Å². The molecule has 0 unspecified atom stereocenters. The predicted molar refractivity (Wildman–Crippen MR) is 76.9 cm³/mol. The van der Waals surface area contributed by atoms with E-state index in [1.54, 1.807) is 19.2 Å². The molecule has 2 aromatic rings. The number of aryl methyl sites for hydroxylation is 2. The SMILES string of the molecule is COc1cc(C)c(C(=O)Cc2ccc(F)cc2)cc1C. The van der Waals surface area contributed by atoms with Gasteiger partial charge < -0.3 is 4.74 Å². The normalized spacial score (nSPS) is 10.4. The molecule has 104 valence electrons. The van der Waals surface area contributed by atoms with E-state index in [-0.39, 0.29) is 18.0 Å². The number of hydrogen-bond acceptors (Lipinski definition) is 2. The van der Waals surface area contributed by atoms with Gasteiger partial charge in [-0.25, -0.2) is 4.39 Å². The van der Waals surface area contributed by atoms with Crippen LogP contribution in [0.3, 0.4) is 0 Å². The highest BCUT2D eigenvalue weighted by molar-refractivity contribution is 5.99. The summed E-state index contributed by atoms with van der Waals surface area (Å²) in [6.07, 6.45) is 0.271. The molecule has 0 aromatic heterocycles. The number of benzene rings is 2. The van der Waals surface area contributed by atoms with E-state index in [0.717, 1.165) is 22.4 Å². The summed E-state index contributed by atoms with van der Waals surface area (Å²) in [6, 6.07) is 9.73. The summed E-state index contributed by atoms with van der Waals surface area (Å²) in [5.41, 5.74) is 3.32. The van der Waals surface area contributed by atoms with E-state index in [0.29, 0.717) is 5.56 Å². The zero-order valence-corrected chi connectivity index (χ0v) is 11.9. The first-order valence-corrected chi connectivity index (χ1v) is 6.44. The molecule has 0 heterocycles. The molecule has 0 aliphatic carbocycles. The molecule has 0 atom stereocenters. The van der Waals surface area contributed by atoms with Gasteiger partial charge in [-0.3, -0.25) is 4.79 Å². The second kappa shape index (κ2) is 5.87. The van der Waals surface area contributed by atoms with Crippen molar-refractivity contribution in [2.24, 2.45) is 0 Å². The Labute approximate surface area is 118 Å². The van der Waals surface area contributed by atoms with Crippen LogP contribution in [0, 0.1) is 19.7 Å². The minimum absolute atomic E-state index is 0.0276. The zero-order chi connectivity index (χ0) is 14.7. The number of rotatable bonds is 4. The Hall–Kier alpha value is -2.16. The average molecular weight is 272 g/mol. The van der Waals surface area contributed by atoms with E-state index in [9.17, 15) is 9.18 Å². The molecular formula is C17H17FO2. The van der Waals surface area contributed by atoms with Crippen LogP contribution < -0.4 is 4.74 Å². The van der Waals surface area contributed by atoms with Crippen LogP contribution in [0.1, 0.15) is 27.0 Å². The fourth-order valence-corrected chi connectivity index (χ4v) is 2.19. The highest BCUT2D eigenvalue weighted by Crippen LogP contribution is 2.23. The molecule has 0 saturated carbocycles. The minimum Gasteiger partial charge on any atom is -0.496 e. The first-order chi connectivity index (χ1) is 9.51. The van der Waals surface area contributed by atoms with E-state index in [2.05, 4.69) is 0 Å². The standard InChI is InChI=1S/C17H17FO2/c1-11-9-17(20-3)12(2)8-15(11)16(19)10-13-4-6-14(18)7-5-13/h4-9H,10H2,1-3H3. The van der Waals surface area contributed by atoms with Crippen molar-refractivity contribution in [1.29, 1.82) is 0 Å². The van der Waals surface area contributed by atoms with Crippen LogP contribution >= 0.6 is 0 Å². The third kappa shape index (κ3) is 3.05. The molecule has 0 spiro atoms. The summed E-state index contributed by atoms with van der Waals surface area (Å²) >= 11 is 0. The molecule has 0 aliphatic rings. The number of methoxy groups -OCH3 is 1. The van der Waals surface area contributed by atoms with Gasteiger partial charge in [0.05, 0.1) is 7.11 Å². The summed E-state index contributed by atoms with van der Waals surface area (Å²) < 4.78 is 18.1. The smallest absolute Gasteiger partial charge is 0.167 e. The molecule has 2 nitrogen and oxygen atoms in total. The lowest BCUT2D eigenvalue weighted by Crippen LogP contribution is -2.07. The van der Waals surface area contributed by atoms with Gasteiger partial charge in [0.15, 0.2) is 5.78 Å². The van der Waals surface area contributed by atoms with Crippen LogP contribution in [0.4, 0.5) is 4.39 Å². The first-order valence-electron chi connectivity index (χ1n) is 6.44. The monoisotopic (exact) mass is 272 g/mol. The second-order valence-corrected chi connectivity index (χ2v) is 4.86. The number of ketones is 1. The fraction of sp³-hybridized carbons (Fsp3) is 0.235. The zero-order valence-electron chi connectivity index (χ0n) is 11.9. The van der Waals surface area contributed by atoms with Crippen LogP contribution in [-0.4, -0.2) is 12.9 Å². The van der Waals surface area contributed by atoms with E-state index in [1.807, 2.05) is 26.0 Å². The summed E-state index contributed by atoms with van der Waals surface area (Å²) in [5, 5.41) is 0. The van der Waals surface area contributed by atoms with Gasteiger partial charge in [0, 0.05) is 12.0 Å². The van der Waals surface area contributed by atoms with Gasteiger partial charge in [0.2, 0.25) is 0 Å². The second-order valence-electron chi connectivity index (χ2n) is 4.86. The molecule has 2 aromatic carbocycles. The molecule has 20 heavy (non-hydrogen) atoms. The van der Waals surface area contributed by atoms with Crippen LogP contribution in [0.15, 0.2) is 36.4 Å². The molecule has 0 saturated heterocycles. The number of halogens is 1. The summed E-state index contributed by atoms with van der Waals surface area (Å²) in [6.45, 7) is 3.80. The maximum Gasteiger partial charge on any atom is 0.167 e. The molecule has 0 amide bonds. The van der Waals surface area contributed by atoms with E-state index in [4.69, 9.17) is 4.74 Å². The van der Waals surface area contributed by atoms with E-state index in [1.165, 1.54) is 12.1 Å². The van der Waals surface area contributed by atoms with Gasteiger partial charge in [-0.05, 0) is 54.8 Å². The number of carbonyl (C=O) groups excluding carboxylic acids is 1. The highest BCUT2D eigenvalue weighted by Gasteiger charge is 2.13. The maximum absolute atomic E-state index is 12.8. The average Bonchev–Trinajstić information content (AvgIpc) is 2.43. The van der Waals surface area contributed by atoms with Gasteiger partial charge in [-0.15, -0.1) is 0 Å². The van der Waals surface area contributed by atoms with Crippen LogP contribution in [0.2, 0.25) is 0 Å². The Morgan fingerprint density at radius 1 is 1.10 bits per heavy atom. The number of carbonyl (C=O) groups is 1. The lowest BCUT2D eigenvalue weighted by Gasteiger charge is -2.10. The summed E-state index contributed by atoms with van der Waals surface area (Å²) in [4.78, 5) is 12.3. The molecular weight excluding hydrogens is 255 g/mol. The van der Waals surface area contributed by atoms with Gasteiger partial charge in [-0.1, -0.05) is 12.1 Å². The molecule has 0 bridgehead atoms. The highest BCUT2D eigenvalue weighted by atomic mass is 19.1. The van der Waals surface area contributed by atoms with E-state index >= 15 is 0 Å². The fourth-order valence-electron chi connectivity index (χ4n) is 2.19. The van der Waals surface area contributed by atoms with Crippen molar-refractivity contribution < 1.29 is 13.9 Å². The molecule has 0 aliphatic heterocycles. The van der Waals surface area contributed by atoms with E-state index < -0.39 is 0 Å². The van der Waals surface area contributed by atoms with Crippen molar-refractivity contribution in [3.63, 3.8) is 0 Å². The van der Waals surface area contributed by atoms with Crippen LogP contribution in [0.25, 0.3) is 0 Å². The molecule has 0 N–H and O–H groups in total. The molecule has 2 rings (SSSR count). The molecule has 3 heteroatoms. The Morgan fingerprint density at radius 3 is 2.35 bits per heavy atom. The summed E-state index contributed by atoms with van der Waals surface area (Å²) in [7, 11) is 1.61. The van der Waals surface area contributed by atoms with Crippen molar-refractivity contribution in [2.45, 2.75) is 20.3 Å². The number of hydrogen-bond donors (Lipinski definition) is 0. The van der Waals surface area contributed by atoms with Gasteiger partial charge in [0.25, 0.3) is 0 Å².